The van der Waals surface area contributed by atoms with Crippen LogP contribution in [0.1, 0.15) is 75.6 Å². The first-order valence-electron chi connectivity index (χ1n) is 20.2. The molecule has 2 aromatic carbocycles. The van der Waals surface area contributed by atoms with E-state index in [1.54, 1.807) is 60.9 Å². The molecule has 2 aliphatic carbocycles. The van der Waals surface area contributed by atoms with Crippen LogP contribution in [0.2, 0.25) is 23.2 Å². The molecule has 8 rings (SSSR count). The molecule has 4 aliphatic rings. The van der Waals surface area contributed by atoms with Gasteiger partial charge in [0.1, 0.15) is 0 Å². The van der Waals surface area contributed by atoms with E-state index in [0.717, 1.165) is 38.5 Å². The second-order valence-corrected chi connectivity index (χ2v) is 32.7. The lowest BCUT2D eigenvalue weighted by Gasteiger charge is -2.56. The average Bonchev–Trinajstić information content (AvgIpc) is 3.23. The SMILES string of the molecule is O[Si]1(CCc2ccccn2)O[Si](O)(CCc2ccccn2)O[Si]2(C3CCCCC3)O[Si](O)(c3ccccc3)O[Si](O)(c3ccccc3)O[Si](C3CCCCC3)(O1)O2. The van der Waals surface area contributed by atoms with E-state index >= 15 is 0 Å². The van der Waals surface area contributed by atoms with Gasteiger partial charge in [0.2, 0.25) is 0 Å². The number of rotatable bonds is 10. The zero-order valence-corrected chi connectivity index (χ0v) is 38.0. The molecule has 2 saturated heterocycles. The number of hydrogen-bond acceptors (Lipinski definition) is 13. The molecule has 0 amide bonds. The normalized spacial score (nSPS) is 34.4. The van der Waals surface area contributed by atoms with Crippen LogP contribution >= 0.6 is 0 Å². The number of nitrogens with zero attached hydrogens (tertiary/aromatic N) is 2. The van der Waals surface area contributed by atoms with Crippen LogP contribution in [-0.2, 0) is 41.6 Å². The van der Waals surface area contributed by atoms with Gasteiger partial charge in [-0.2, -0.15) is 0 Å². The molecular weight excluding hydrogens is 829 g/mol. The van der Waals surface area contributed by atoms with E-state index in [1.165, 1.54) is 0 Å². The van der Waals surface area contributed by atoms with Crippen LogP contribution < -0.4 is 10.4 Å². The van der Waals surface area contributed by atoms with Crippen molar-refractivity contribution in [3.05, 3.63) is 121 Å². The van der Waals surface area contributed by atoms with E-state index in [9.17, 15) is 19.2 Å². The Labute approximate surface area is 340 Å². The van der Waals surface area contributed by atoms with Gasteiger partial charge in [0.05, 0.1) is 0 Å². The minimum Gasteiger partial charge on any atom is -0.391 e. The molecule has 0 spiro atoms. The quantitative estimate of drug-likeness (QED) is 0.165. The summed E-state index contributed by atoms with van der Waals surface area (Å²) in [5.41, 5.74) is 0.603. The van der Waals surface area contributed by atoms with Crippen molar-refractivity contribution in [1.82, 2.24) is 9.97 Å². The number of aromatic nitrogens is 2. The Kier molecular flexibility index (Phi) is 12.5. The summed E-state index contributed by atoms with van der Waals surface area (Å²) in [4.78, 5) is 61.1. The molecule has 2 aromatic heterocycles. The van der Waals surface area contributed by atoms with Crippen molar-refractivity contribution in [2.45, 2.75) is 100 Å². The van der Waals surface area contributed by atoms with Crippen molar-refractivity contribution < 1.29 is 48.0 Å². The molecule has 2 bridgehead atoms. The summed E-state index contributed by atoms with van der Waals surface area (Å²) in [5, 5.41) is 0.641. The minimum absolute atomic E-state index is 0.0335. The first kappa shape index (κ1) is 41.3. The summed E-state index contributed by atoms with van der Waals surface area (Å²) in [6, 6.07) is 28.5. The van der Waals surface area contributed by atoms with Crippen molar-refractivity contribution in [3.8, 4) is 0 Å². The Hall–Kier alpha value is -2.40. The van der Waals surface area contributed by atoms with Gasteiger partial charge in [-0.1, -0.05) is 111 Å². The summed E-state index contributed by atoms with van der Waals surface area (Å²) >= 11 is 0. The van der Waals surface area contributed by atoms with Crippen LogP contribution in [-0.4, -0.2) is 82.0 Å². The monoisotopic (exact) mass is 880 g/mol. The molecule has 2 aliphatic heterocycles. The molecule has 57 heavy (non-hydrogen) atoms. The Balaban J connectivity index is 1.33. The Bertz CT molecular complexity index is 1780. The van der Waals surface area contributed by atoms with Crippen molar-refractivity contribution in [2.24, 2.45) is 0 Å². The highest BCUT2D eigenvalue weighted by Gasteiger charge is 2.76. The van der Waals surface area contributed by atoms with Gasteiger partial charge in [-0.25, -0.2) is 0 Å². The van der Waals surface area contributed by atoms with Crippen LogP contribution in [0.5, 0.6) is 0 Å². The van der Waals surface area contributed by atoms with E-state index < -0.39 is 63.9 Å². The number of benzene rings is 2. The lowest BCUT2D eigenvalue weighted by Crippen LogP contribution is -2.82. The molecule has 0 radical (unpaired) electrons. The second kappa shape index (κ2) is 17.3. The highest BCUT2D eigenvalue weighted by molar-refractivity contribution is 6.99. The Morgan fingerprint density at radius 3 is 1.23 bits per heavy atom. The lowest BCUT2D eigenvalue weighted by molar-refractivity contribution is 0.0254. The van der Waals surface area contributed by atoms with Gasteiger partial charge in [-0.3, -0.25) is 9.97 Å². The number of hydrogen-bond donors (Lipinski definition) is 4. The van der Waals surface area contributed by atoms with Crippen LogP contribution in [0.3, 0.4) is 0 Å². The highest BCUT2D eigenvalue weighted by atomic mass is 28.6. The van der Waals surface area contributed by atoms with Gasteiger partial charge in [0.25, 0.3) is 0 Å². The summed E-state index contributed by atoms with van der Waals surface area (Å²) < 4.78 is 49.9. The molecule has 4 fully saturated rings. The fraction of sp³-hybridized carbons (Fsp3) is 0.421. The molecular formula is C38H52N2O11Si6. The number of pyridine rings is 2. The first-order valence-corrected chi connectivity index (χ1v) is 31.3. The molecule has 304 valence electrons. The summed E-state index contributed by atoms with van der Waals surface area (Å²) in [6.07, 6.45) is 11.8. The predicted octanol–water partition coefficient (Wildman–Crippen LogP) is 4.49. The number of fused-ring (bicyclic) bond motifs is 2. The van der Waals surface area contributed by atoms with E-state index in [-0.39, 0.29) is 24.9 Å². The van der Waals surface area contributed by atoms with Gasteiger partial charge >= 0.3 is 52.8 Å². The molecule has 19 heteroatoms. The standard InChI is InChI=1S/C38H52N2O11Si6/c41-52(31-27-33-17-13-15-29-39-33)45-53(42,32-28-34-18-14-16-30-40-34)47-57(38-25-11-4-12-26-38)50-55(44,36-21-7-2-8-22-36)48-54(43,35-19-5-1-6-20-35)49-56(46-52,51-57)37-23-9-3-10-24-37/h1-2,5-8,13-22,29-30,37-38,41-44H,3-4,9-12,23-28,31-32H2. The van der Waals surface area contributed by atoms with E-state index in [4.69, 9.17) is 28.8 Å². The average molecular weight is 881 g/mol. The maximum atomic E-state index is 13.1. The highest BCUT2D eigenvalue weighted by Crippen LogP contribution is 2.51. The fourth-order valence-corrected chi connectivity index (χ4v) is 37.7. The molecule has 4 heterocycles. The van der Waals surface area contributed by atoms with Crippen molar-refractivity contribution in [3.63, 3.8) is 0 Å². The summed E-state index contributed by atoms with van der Waals surface area (Å²) in [7, 11) is -27.7. The molecule has 4 N–H and O–H groups in total. The van der Waals surface area contributed by atoms with Crippen LogP contribution in [0, 0.1) is 0 Å². The van der Waals surface area contributed by atoms with Gasteiger partial charge in [0, 0.05) is 57.3 Å². The van der Waals surface area contributed by atoms with Gasteiger partial charge in [0.15, 0.2) is 0 Å². The Morgan fingerprint density at radius 1 is 0.439 bits per heavy atom. The molecule has 6 atom stereocenters. The molecule has 4 aromatic rings. The number of aryl methyl sites for hydroxylation is 2. The summed E-state index contributed by atoms with van der Waals surface area (Å²) in [5.74, 6) is 0. The smallest absolute Gasteiger partial charge is 0.391 e. The third kappa shape index (κ3) is 9.34. The third-order valence-corrected chi connectivity index (χ3v) is 34.8. The lowest BCUT2D eigenvalue weighted by atomic mass is 10.0. The van der Waals surface area contributed by atoms with Crippen molar-refractivity contribution in [1.29, 1.82) is 0 Å². The van der Waals surface area contributed by atoms with E-state index in [2.05, 4.69) is 9.97 Å². The van der Waals surface area contributed by atoms with E-state index in [1.807, 2.05) is 48.5 Å². The largest absolute Gasteiger partial charge is 0.519 e. The topological polar surface area (TPSA) is 171 Å². The zero-order chi connectivity index (χ0) is 39.5. The zero-order valence-electron chi connectivity index (χ0n) is 32.0. The van der Waals surface area contributed by atoms with Crippen molar-refractivity contribution in [2.75, 3.05) is 0 Å². The first-order chi connectivity index (χ1) is 27.5. The predicted molar refractivity (Wildman–Crippen MR) is 222 cm³/mol. The Morgan fingerprint density at radius 2 is 0.842 bits per heavy atom. The third-order valence-electron chi connectivity index (χ3n) is 11.4. The van der Waals surface area contributed by atoms with Crippen LogP contribution in [0.25, 0.3) is 0 Å². The van der Waals surface area contributed by atoms with E-state index in [0.29, 0.717) is 47.4 Å². The second-order valence-electron chi connectivity index (χ2n) is 15.6. The molecule has 6 unspecified atom stereocenters. The minimum atomic E-state index is -4.77. The van der Waals surface area contributed by atoms with Crippen molar-refractivity contribution >= 4 is 63.2 Å². The van der Waals surface area contributed by atoms with Crippen LogP contribution in [0.4, 0.5) is 0 Å². The van der Waals surface area contributed by atoms with Crippen LogP contribution in [0.15, 0.2) is 109 Å². The summed E-state index contributed by atoms with van der Waals surface area (Å²) in [6.45, 7) is 0. The maximum Gasteiger partial charge on any atom is 0.519 e. The molecule has 2 saturated carbocycles. The van der Waals surface area contributed by atoms with Gasteiger partial charge in [-0.15, -0.1) is 0 Å². The maximum absolute atomic E-state index is 13.1. The molecule has 13 nitrogen and oxygen atoms in total. The van der Waals surface area contributed by atoms with Gasteiger partial charge in [-0.05, 0) is 62.8 Å². The fourth-order valence-electron chi connectivity index (χ4n) is 8.49. The van der Waals surface area contributed by atoms with Gasteiger partial charge < -0.3 is 48.0 Å².